The third-order valence-corrected chi connectivity index (χ3v) is 3.58. The average Bonchev–Trinajstić information content (AvgIpc) is 2.40. The Morgan fingerprint density at radius 3 is 2.40 bits per heavy atom. The van der Waals surface area contributed by atoms with Gasteiger partial charge in [0.05, 0.1) is 21.4 Å². The van der Waals surface area contributed by atoms with Gasteiger partial charge in [-0.1, -0.05) is 41.4 Å². The fourth-order valence-electron chi connectivity index (χ4n) is 2.01. The van der Waals surface area contributed by atoms with E-state index < -0.39 is 0 Å². The minimum atomic E-state index is 0.107. The van der Waals surface area contributed by atoms with Crippen LogP contribution in [0.15, 0.2) is 36.4 Å². The molecule has 0 fully saturated rings. The minimum Gasteiger partial charge on any atom is -0.506 e. The summed E-state index contributed by atoms with van der Waals surface area (Å²) in [6.45, 7) is 0.466. The van der Waals surface area contributed by atoms with E-state index in [1.165, 1.54) is 0 Å². The molecule has 0 saturated heterocycles. The number of hydrogen-bond donors (Lipinski definition) is 2. The lowest BCUT2D eigenvalue weighted by molar-refractivity contribution is 0.469. The number of benzene rings is 2. The summed E-state index contributed by atoms with van der Waals surface area (Å²) in [7, 11) is 3.87. The molecule has 2 aromatic carbocycles. The molecule has 0 radical (unpaired) electrons. The summed E-state index contributed by atoms with van der Waals surface area (Å²) >= 11 is 12.1. The second-order valence-corrected chi connectivity index (χ2v) is 5.45. The smallest absolute Gasteiger partial charge is 0.139 e. The van der Waals surface area contributed by atoms with Crippen molar-refractivity contribution in [3.05, 3.63) is 52.0 Å². The van der Waals surface area contributed by atoms with E-state index in [1.807, 2.05) is 49.3 Å². The number of nitrogens with zero attached hydrogens (tertiary/aromatic N) is 1. The fourth-order valence-corrected chi connectivity index (χ4v) is 2.54. The van der Waals surface area contributed by atoms with Crippen molar-refractivity contribution in [2.45, 2.75) is 6.54 Å². The van der Waals surface area contributed by atoms with Gasteiger partial charge in [-0.3, -0.25) is 0 Å². The van der Waals surface area contributed by atoms with Crippen LogP contribution in [0.4, 0.5) is 11.4 Å². The van der Waals surface area contributed by atoms with Gasteiger partial charge >= 0.3 is 0 Å². The maximum Gasteiger partial charge on any atom is 0.139 e. The third kappa shape index (κ3) is 3.11. The number of halogens is 2. The van der Waals surface area contributed by atoms with Crippen LogP contribution in [-0.4, -0.2) is 19.2 Å². The number of aromatic hydroxyl groups is 1. The van der Waals surface area contributed by atoms with Crippen LogP contribution in [0.5, 0.6) is 5.75 Å². The Bertz CT molecular complexity index is 615. The number of para-hydroxylation sites is 2. The van der Waals surface area contributed by atoms with Crippen LogP contribution in [0.25, 0.3) is 0 Å². The van der Waals surface area contributed by atoms with Crippen molar-refractivity contribution in [1.82, 2.24) is 0 Å². The first-order chi connectivity index (χ1) is 9.50. The molecule has 0 unspecified atom stereocenters. The predicted molar refractivity (Wildman–Crippen MR) is 86.2 cm³/mol. The molecule has 0 heterocycles. The van der Waals surface area contributed by atoms with E-state index in [2.05, 4.69) is 5.32 Å². The molecule has 0 atom stereocenters. The molecule has 0 aliphatic rings. The second-order valence-electron chi connectivity index (χ2n) is 4.63. The van der Waals surface area contributed by atoms with E-state index in [0.717, 1.165) is 16.9 Å². The van der Waals surface area contributed by atoms with Crippen LogP contribution in [0.2, 0.25) is 10.0 Å². The van der Waals surface area contributed by atoms with Crippen LogP contribution in [0.1, 0.15) is 5.56 Å². The molecule has 2 N–H and O–H groups in total. The van der Waals surface area contributed by atoms with Gasteiger partial charge in [0.25, 0.3) is 0 Å². The summed E-state index contributed by atoms with van der Waals surface area (Å²) in [4.78, 5) is 1.95. The maximum absolute atomic E-state index is 9.90. The Morgan fingerprint density at radius 1 is 1.05 bits per heavy atom. The lowest BCUT2D eigenvalue weighted by Gasteiger charge is -2.20. The second kappa shape index (κ2) is 6.25. The van der Waals surface area contributed by atoms with Crippen molar-refractivity contribution < 1.29 is 5.11 Å². The molecule has 106 valence electrons. The molecule has 2 rings (SSSR count). The Kier molecular flexibility index (Phi) is 4.63. The maximum atomic E-state index is 9.90. The minimum absolute atomic E-state index is 0.107. The van der Waals surface area contributed by atoms with Crippen LogP contribution in [-0.2, 0) is 6.54 Å². The summed E-state index contributed by atoms with van der Waals surface area (Å²) < 4.78 is 0. The number of rotatable bonds is 4. The molecule has 0 aliphatic carbocycles. The third-order valence-electron chi connectivity index (χ3n) is 2.97. The Morgan fingerprint density at radius 2 is 1.70 bits per heavy atom. The van der Waals surface area contributed by atoms with Gasteiger partial charge in [-0.25, -0.2) is 0 Å². The van der Waals surface area contributed by atoms with E-state index in [-0.39, 0.29) is 5.75 Å². The van der Waals surface area contributed by atoms with Crippen LogP contribution in [0, 0.1) is 0 Å². The molecule has 5 heteroatoms. The number of anilines is 2. The quantitative estimate of drug-likeness (QED) is 0.880. The van der Waals surface area contributed by atoms with E-state index in [0.29, 0.717) is 16.6 Å². The van der Waals surface area contributed by atoms with Crippen LogP contribution >= 0.6 is 23.2 Å². The van der Waals surface area contributed by atoms with E-state index in [1.54, 1.807) is 6.07 Å². The molecular weight excluding hydrogens is 295 g/mol. The van der Waals surface area contributed by atoms with Crippen molar-refractivity contribution in [3.63, 3.8) is 0 Å². The van der Waals surface area contributed by atoms with Gasteiger partial charge in [0.1, 0.15) is 5.75 Å². The highest BCUT2D eigenvalue weighted by molar-refractivity contribution is 6.34. The number of phenolic OH excluding ortho intramolecular Hbond substituents is 1. The van der Waals surface area contributed by atoms with Crippen molar-refractivity contribution in [2.75, 3.05) is 24.3 Å². The van der Waals surface area contributed by atoms with E-state index in [4.69, 9.17) is 23.2 Å². The zero-order valence-corrected chi connectivity index (χ0v) is 12.8. The van der Waals surface area contributed by atoms with Crippen molar-refractivity contribution in [2.24, 2.45) is 0 Å². The zero-order chi connectivity index (χ0) is 14.7. The molecule has 0 bridgehead atoms. The molecule has 2 aromatic rings. The highest BCUT2D eigenvalue weighted by Crippen LogP contribution is 2.33. The first-order valence-electron chi connectivity index (χ1n) is 6.16. The predicted octanol–water partition coefficient (Wildman–Crippen LogP) is 4.38. The Balaban J connectivity index is 2.23. The number of phenols is 1. The molecule has 0 saturated carbocycles. The summed E-state index contributed by atoms with van der Waals surface area (Å²) in [6.07, 6.45) is 0. The summed E-state index contributed by atoms with van der Waals surface area (Å²) in [5.74, 6) is 0.107. The summed E-state index contributed by atoms with van der Waals surface area (Å²) in [5.41, 5.74) is 2.56. The largest absolute Gasteiger partial charge is 0.506 e. The van der Waals surface area contributed by atoms with Gasteiger partial charge in [0, 0.05) is 26.2 Å². The molecule has 0 aliphatic heterocycles. The lowest BCUT2D eigenvalue weighted by Crippen LogP contribution is -2.12. The van der Waals surface area contributed by atoms with Crippen molar-refractivity contribution >= 4 is 34.6 Å². The van der Waals surface area contributed by atoms with Crippen molar-refractivity contribution in [3.8, 4) is 5.75 Å². The average molecular weight is 311 g/mol. The molecule has 20 heavy (non-hydrogen) atoms. The SMILES string of the molecule is CN(C)c1c(Cl)cccc1NCc1cccc(Cl)c1O. The molecule has 3 nitrogen and oxygen atoms in total. The Hall–Kier alpha value is -1.58. The molecule has 0 spiro atoms. The van der Waals surface area contributed by atoms with Crippen LogP contribution in [0.3, 0.4) is 0 Å². The van der Waals surface area contributed by atoms with Gasteiger partial charge in [-0.2, -0.15) is 0 Å². The van der Waals surface area contributed by atoms with E-state index in [9.17, 15) is 5.11 Å². The lowest BCUT2D eigenvalue weighted by atomic mass is 10.2. The monoisotopic (exact) mass is 310 g/mol. The van der Waals surface area contributed by atoms with Crippen LogP contribution < -0.4 is 10.2 Å². The van der Waals surface area contributed by atoms with Gasteiger partial charge in [-0.05, 0) is 18.2 Å². The summed E-state index contributed by atoms with van der Waals surface area (Å²) in [5, 5.41) is 14.2. The molecular formula is C15H16Cl2N2O. The number of nitrogens with one attached hydrogen (secondary N) is 1. The highest BCUT2D eigenvalue weighted by Gasteiger charge is 2.10. The van der Waals surface area contributed by atoms with E-state index >= 15 is 0 Å². The topological polar surface area (TPSA) is 35.5 Å². The van der Waals surface area contributed by atoms with Gasteiger partial charge in [0.15, 0.2) is 0 Å². The van der Waals surface area contributed by atoms with Gasteiger partial charge < -0.3 is 15.3 Å². The molecule has 0 aromatic heterocycles. The normalized spacial score (nSPS) is 10.4. The van der Waals surface area contributed by atoms with Crippen molar-refractivity contribution in [1.29, 1.82) is 0 Å². The van der Waals surface area contributed by atoms with Gasteiger partial charge in [0.2, 0.25) is 0 Å². The standard InChI is InChI=1S/C15H16Cl2N2O/c1-19(2)14-11(16)6-4-8-13(14)18-9-10-5-3-7-12(17)15(10)20/h3-8,18,20H,9H2,1-2H3. The first-order valence-corrected chi connectivity index (χ1v) is 6.92. The zero-order valence-electron chi connectivity index (χ0n) is 11.3. The highest BCUT2D eigenvalue weighted by atomic mass is 35.5. The first kappa shape index (κ1) is 14.8. The van der Waals surface area contributed by atoms with Gasteiger partial charge in [-0.15, -0.1) is 0 Å². The molecule has 0 amide bonds. The summed E-state index contributed by atoms with van der Waals surface area (Å²) in [6, 6.07) is 11.0. The fraction of sp³-hybridized carbons (Fsp3) is 0.200. The number of hydrogen-bond acceptors (Lipinski definition) is 3. The Labute approximate surface area is 128 Å².